The van der Waals surface area contributed by atoms with Crippen LogP contribution in [0, 0.1) is 0 Å². The van der Waals surface area contributed by atoms with E-state index < -0.39 is 0 Å². The highest BCUT2D eigenvalue weighted by Gasteiger charge is 2.24. The molecule has 1 unspecified atom stereocenters. The molecule has 2 heterocycles. The number of aromatic nitrogens is 2. The Hall–Kier alpha value is -1.62. The van der Waals surface area contributed by atoms with E-state index in [-0.39, 0.29) is 6.10 Å². The zero-order valence-electron chi connectivity index (χ0n) is 11.0. The minimum absolute atomic E-state index is 0.259. The van der Waals surface area contributed by atoms with Crippen LogP contribution in [0.5, 0.6) is 0 Å². The van der Waals surface area contributed by atoms with Crippen molar-refractivity contribution in [3.63, 3.8) is 0 Å². The third kappa shape index (κ3) is 2.98. The number of rotatable bonds is 5. The van der Waals surface area contributed by atoms with Gasteiger partial charge in [0.15, 0.2) is 0 Å². The number of ether oxygens (including phenoxy) is 1. The fourth-order valence-electron chi connectivity index (χ4n) is 1.99. The molecule has 1 aromatic rings. The maximum atomic E-state index is 5.66. The average Bonchev–Trinajstić information content (AvgIpc) is 2.85. The summed E-state index contributed by atoms with van der Waals surface area (Å²) in [6, 6.07) is 1.91. The van der Waals surface area contributed by atoms with Crippen LogP contribution < -0.4 is 9.80 Å². The second kappa shape index (κ2) is 5.82. The maximum Gasteiger partial charge on any atom is 0.227 e. The third-order valence-electron chi connectivity index (χ3n) is 2.96. The number of nitrogens with zero attached hydrogens (tertiary/aromatic N) is 4. The first kappa shape index (κ1) is 12.8. The summed E-state index contributed by atoms with van der Waals surface area (Å²) in [7, 11) is 3.96. The summed E-state index contributed by atoms with van der Waals surface area (Å²) in [6.07, 6.45) is 4.86. The van der Waals surface area contributed by atoms with E-state index in [4.69, 9.17) is 4.74 Å². The molecule has 1 atom stereocenters. The van der Waals surface area contributed by atoms with Gasteiger partial charge in [0.05, 0.1) is 12.7 Å². The van der Waals surface area contributed by atoms with E-state index in [0.717, 1.165) is 31.3 Å². The van der Waals surface area contributed by atoms with E-state index in [9.17, 15) is 0 Å². The molecule has 0 saturated carbocycles. The fraction of sp³-hybridized carbons (Fsp3) is 0.538. The molecule has 98 valence electrons. The second-order valence-electron chi connectivity index (χ2n) is 4.59. The molecule has 1 aliphatic heterocycles. The molecule has 5 heteroatoms. The second-order valence-corrected chi connectivity index (χ2v) is 4.59. The minimum Gasteiger partial charge on any atom is -0.372 e. The molecule has 0 aliphatic carbocycles. The smallest absolute Gasteiger partial charge is 0.227 e. The van der Waals surface area contributed by atoms with E-state index >= 15 is 0 Å². The van der Waals surface area contributed by atoms with Crippen molar-refractivity contribution < 1.29 is 4.74 Å². The quantitative estimate of drug-likeness (QED) is 0.735. The summed E-state index contributed by atoms with van der Waals surface area (Å²) in [5, 5.41) is 0. The Bertz CT molecular complexity index is 408. The van der Waals surface area contributed by atoms with Crippen molar-refractivity contribution in [2.75, 3.05) is 43.6 Å². The van der Waals surface area contributed by atoms with Crippen LogP contribution in [0.1, 0.15) is 6.42 Å². The van der Waals surface area contributed by atoms with E-state index in [1.807, 2.05) is 25.1 Å². The van der Waals surface area contributed by atoms with Crippen LogP contribution in [-0.4, -0.2) is 49.9 Å². The topological polar surface area (TPSA) is 41.5 Å². The summed E-state index contributed by atoms with van der Waals surface area (Å²) in [5.74, 6) is 1.71. The van der Waals surface area contributed by atoms with Gasteiger partial charge < -0.3 is 14.5 Å². The highest BCUT2D eigenvalue weighted by molar-refractivity contribution is 5.43. The first-order valence-corrected chi connectivity index (χ1v) is 6.18. The Kier molecular flexibility index (Phi) is 4.15. The molecule has 5 nitrogen and oxygen atoms in total. The predicted octanol–water partition coefficient (Wildman–Crippen LogP) is 1.32. The van der Waals surface area contributed by atoms with Crippen molar-refractivity contribution in [2.45, 2.75) is 12.5 Å². The van der Waals surface area contributed by atoms with Crippen molar-refractivity contribution in [1.29, 1.82) is 0 Å². The lowest BCUT2D eigenvalue weighted by atomic mass is 10.3. The molecule has 1 fully saturated rings. The Morgan fingerprint density at radius 3 is 3.17 bits per heavy atom. The molecule has 0 spiro atoms. The molecule has 0 amide bonds. The lowest BCUT2D eigenvalue weighted by Gasteiger charge is -2.18. The Morgan fingerprint density at radius 1 is 1.61 bits per heavy atom. The highest BCUT2D eigenvalue weighted by atomic mass is 16.5. The van der Waals surface area contributed by atoms with Crippen molar-refractivity contribution >= 4 is 11.8 Å². The SMILES string of the molecule is C=CCOC1CCN(c2nccc(N(C)C)n2)C1. The summed E-state index contributed by atoms with van der Waals surface area (Å²) in [4.78, 5) is 13.0. The Labute approximate surface area is 108 Å². The average molecular weight is 248 g/mol. The van der Waals surface area contributed by atoms with E-state index in [1.165, 1.54) is 0 Å². The number of hydrogen-bond donors (Lipinski definition) is 0. The van der Waals surface area contributed by atoms with Gasteiger partial charge in [0.25, 0.3) is 0 Å². The van der Waals surface area contributed by atoms with Gasteiger partial charge in [0.2, 0.25) is 5.95 Å². The van der Waals surface area contributed by atoms with Gasteiger partial charge in [-0.15, -0.1) is 6.58 Å². The van der Waals surface area contributed by atoms with E-state index in [1.54, 1.807) is 12.3 Å². The van der Waals surface area contributed by atoms with Gasteiger partial charge in [-0.25, -0.2) is 4.98 Å². The fourth-order valence-corrected chi connectivity index (χ4v) is 1.99. The molecule has 0 N–H and O–H groups in total. The molecule has 2 rings (SSSR count). The number of hydrogen-bond acceptors (Lipinski definition) is 5. The molecular formula is C13H20N4O. The molecular weight excluding hydrogens is 228 g/mol. The van der Waals surface area contributed by atoms with Crippen LogP contribution in [0.25, 0.3) is 0 Å². The van der Waals surface area contributed by atoms with Crippen LogP contribution in [0.15, 0.2) is 24.9 Å². The van der Waals surface area contributed by atoms with Crippen molar-refractivity contribution in [3.8, 4) is 0 Å². The van der Waals surface area contributed by atoms with Crippen LogP contribution >= 0.6 is 0 Å². The van der Waals surface area contributed by atoms with Gasteiger partial charge in [-0.3, -0.25) is 0 Å². The molecule has 0 bridgehead atoms. The number of anilines is 2. The van der Waals surface area contributed by atoms with E-state index in [0.29, 0.717) is 6.61 Å². The Balaban J connectivity index is 2.00. The summed E-state index contributed by atoms with van der Waals surface area (Å²) >= 11 is 0. The Morgan fingerprint density at radius 2 is 2.44 bits per heavy atom. The van der Waals surface area contributed by atoms with Gasteiger partial charge in [-0.2, -0.15) is 4.98 Å². The first-order chi connectivity index (χ1) is 8.70. The molecule has 0 radical (unpaired) electrons. The predicted molar refractivity (Wildman–Crippen MR) is 73.1 cm³/mol. The van der Waals surface area contributed by atoms with Crippen molar-refractivity contribution in [2.24, 2.45) is 0 Å². The molecule has 18 heavy (non-hydrogen) atoms. The zero-order valence-corrected chi connectivity index (χ0v) is 11.0. The van der Waals surface area contributed by atoms with Crippen LogP contribution in [-0.2, 0) is 4.74 Å². The normalized spacial score (nSPS) is 19.0. The van der Waals surface area contributed by atoms with Crippen molar-refractivity contribution in [3.05, 3.63) is 24.9 Å². The molecule has 1 aliphatic rings. The zero-order chi connectivity index (χ0) is 13.0. The largest absolute Gasteiger partial charge is 0.372 e. The minimum atomic E-state index is 0.259. The summed E-state index contributed by atoms with van der Waals surface area (Å²) in [5.41, 5.74) is 0. The van der Waals surface area contributed by atoms with Gasteiger partial charge in [-0.1, -0.05) is 6.08 Å². The lowest BCUT2D eigenvalue weighted by Crippen LogP contribution is -2.25. The third-order valence-corrected chi connectivity index (χ3v) is 2.96. The van der Waals surface area contributed by atoms with Crippen LogP contribution in [0.2, 0.25) is 0 Å². The summed E-state index contributed by atoms with van der Waals surface area (Å²) in [6.45, 7) is 6.06. The van der Waals surface area contributed by atoms with Gasteiger partial charge >= 0.3 is 0 Å². The molecule has 0 aromatic carbocycles. The molecule has 1 saturated heterocycles. The monoisotopic (exact) mass is 248 g/mol. The van der Waals surface area contributed by atoms with Gasteiger partial charge in [0.1, 0.15) is 5.82 Å². The van der Waals surface area contributed by atoms with Crippen LogP contribution in [0.3, 0.4) is 0 Å². The maximum absolute atomic E-state index is 5.66. The van der Waals surface area contributed by atoms with Gasteiger partial charge in [0, 0.05) is 33.4 Å². The van der Waals surface area contributed by atoms with Crippen LogP contribution in [0.4, 0.5) is 11.8 Å². The first-order valence-electron chi connectivity index (χ1n) is 6.18. The highest BCUT2D eigenvalue weighted by Crippen LogP contribution is 2.19. The van der Waals surface area contributed by atoms with Gasteiger partial charge in [-0.05, 0) is 12.5 Å². The van der Waals surface area contributed by atoms with Crippen molar-refractivity contribution in [1.82, 2.24) is 9.97 Å². The molecule has 1 aromatic heterocycles. The lowest BCUT2D eigenvalue weighted by molar-refractivity contribution is 0.0908. The van der Waals surface area contributed by atoms with E-state index in [2.05, 4.69) is 21.4 Å². The summed E-state index contributed by atoms with van der Waals surface area (Å²) < 4.78 is 5.66. The standard InChI is InChI=1S/C13H20N4O/c1-4-9-18-11-6-8-17(10-11)13-14-7-5-12(15-13)16(2)3/h4-5,7,11H,1,6,8-10H2,2-3H3.